The molecule has 3 rings (SSSR count). The molecule has 0 fully saturated rings. The van der Waals surface area contributed by atoms with Crippen LogP contribution in [-0.4, -0.2) is 22.8 Å². The Hall–Kier alpha value is -2.64. The molecule has 2 heterocycles. The first-order valence-electron chi connectivity index (χ1n) is 8.28. The summed E-state index contributed by atoms with van der Waals surface area (Å²) in [6, 6.07) is 8.45. The molecule has 140 valence electrons. The fraction of sp³-hybridized carbons (Fsp3) is 0.211. The molecule has 0 atom stereocenters. The third kappa shape index (κ3) is 4.37. The number of aryl methyl sites for hydroxylation is 1. The minimum absolute atomic E-state index is 0.000304. The number of aromatic nitrogens is 1. The van der Waals surface area contributed by atoms with Gasteiger partial charge in [-0.05, 0) is 50.4 Å². The van der Waals surface area contributed by atoms with Crippen LogP contribution in [0.3, 0.4) is 0 Å². The first kappa shape index (κ1) is 19.1. The van der Waals surface area contributed by atoms with Crippen LogP contribution in [0.4, 0.5) is 5.69 Å². The Kier molecular flexibility index (Phi) is 5.62. The molecular weight excluding hydrogens is 386 g/mol. The fourth-order valence-electron chi connectivity index (χ4n) is 2.40. The van der Waals surface area contributed by atoms with Gasteiger partial charge in [0, 0.05) is 11.6 Å². The van der Waals surface area contributed by atoms with Gasteiger partial charge in [-0.2, -0.15) is 0 Å². The summed E-state index contributed by atoms with van der Waals surface area (Å²) in [7, 11) is 0. The largest absolute Gasteiger partial charge is 0.440 e. The molecule has 2 aromatic heterocycles. The number of anilines is 1. The van der Waals surface area contributed by atoms with Crippen molar-refractivity contribution in [3.63, 3.8) is 0 Å². The molecule has 0 aliphatic rings. The van der Waals surface area contributed by atoms with E-state index in [1.165, 1.54) is 17.4 Å². The van der Waals surface area contributed by atoms with E-state index in [4.69, 9.17) is 16.0 Å². The quantitative estimate of drug-likeness (QED) is 0.643. The maximum Gasteiger partial charge on any atom is 0.277 e. The molecule has 0 spiro atoms. The Morgan fingerprint density at radius 1 is 1.22 bits per heavy atom. The van der Waals surface area contributed by atoms with E-state index in [0.717, 1.165) is 4.88 Å². The summed E-state index contributed by atoms with van der Waals surface area (Å²) < 4.78 is 5.60. The summed E-state index contributed by atoms with van der Waals surface area (Å²) >= 11 is 7.65. The van der Waals surface area contributed by atoms with Gasteiger partial charge in [-0.3, -0.25) is 9.59 Å². The van der Waals surface area contributed by atoms with E-state index in [0.29, 0.717) is 27.9 Å². The molecule has 3 aromatic rings. The highest BCUT2D eigenvalue weighted by Crippen LogP contribution is 2.28. The molecule has 0 saturated heterocycles. The molecule has 0 aliphatic heterocycles. The molecule has 0 bridgehead atoms. The van der Waals surface area contributed by atoms with Gasteiger partial charge >= 0.3 is 0 Å². The van der Waals surface area contributed by atoms with Gasteiger partial charge in [-0.1, -0.05) is 17.7 Å². The maximum atomic E-state index is 12.6. The van der Waals surface area contributed by atoms with Crippen LogP contribution in [-0.2, 0) is 0 Å². The number of hydrogen-bond acceptors (Lipinski definition) is 5. The third-order valence-corrected chi connectivity index (χ3v) is 4.83. The molecule has 0 radical (unpaired) electrons. The zero-order valence-electron chi connectivity index (χ0n) is 15.0. The average Bonchev–Trinajstić information content (AvgIpc) is 3.25. The molecule has 0 unspecified atom stereocenters. The van der Waals surface area contributed by atoms with Gasteiger partial charge in [0.2, 0.25) is 5.89 Å². The number of thiophene rings is 1. The number of oxazole rings is 1. The van der Waals surface area contributed by atoms with E-state index in [1.807, 2.05) is 31.4 Å². The number of hydrogen-bond donors (Lipinski definition) is 2. The zero-order chi connectivity index (χ0) is 19.6. The second-order valence-corrected chi connectivity index (χ2v) is 7.53. The van der Waals surface area contributed by atoms with Crippen molar-refractivity contribution < 1.29 is 14.0 Å². The minimum atomic E-state index is -0.456. The number of nitrogens with one attached hydrogen (secondary N) is 2. The van der Waals surface area contributed by atoms with Crippen LogP contribution < -0.4 is 10.6 Å². The summed E-state index contributed by atoms with van der Waals surface area (Å²) in [5.74, 6) is 0.0988. The van der Waals surface area contributed by atoms with Gasteiger partial charge in [0.15, 0.2) is 5.69 Å². The molecular formula is C19H18ClN3O3S. The normalized spacial score (nSPS) is 10.9. The molecule has 2 amide bonds. The van der Waals surface area contributed by atoms with Gasteiger partial charge < -0.3 is 15.1 Å². The van der Waals surface area contributed by atoms with E-state index < -0.39 is 5.91 Å². The Morgan fingerprint density at radius 3 is 2.67 bits per heavy atom. The number of carbonyl (C=O) groups is 2. The van der Waals surface area contributed by atoms with Crippen molar-refractivity contribution in [1.29, 1.82) is 0 Å². The summed E-state index contributed by atoms with van der Waals surface area (Å²) in [6.45, 7) is 5.41. The molecule has 27 heavy (non-hydrogen) atoms. The minimum Gasteiger partial charge on any atom is -0.440 e. The predicted molar refractivity (Wildman–Crippen MR) is 107 cm³/mol. The van der Waals surface area contributed by atoms with Gasteiger partial charge in [0.1, 0.15) is 5.76 Å². The Balaban J connectivity index is 1.83. The van der Waals surface area contributed by atoms with Gasteiger partial charge in [-0.25, -0.2) is 4.98 Å². The van der Waals surface area contributed by atoms with Crippen LogP contribution in [0.1, 0.15) is 40.5 Å². The topological polar surface area (TPSA) is 84.2 Å². The number of halogens is 1. The Morgan fingerprint density at radius 2 is 2.00 bits per heavy atom. The van der Waals surface area contributed by atoms with Crippen LogP contribution in [0.25, 0.3) is 10.8 Å². The summed E-state index contributed by atoms with van der Waals surface area (Å²) in [5, 5.41) is 7.73. The molecule has 6 nitrogen and oxygen atoms in total. The standard InChI is InChI=1S/C19H18ClN3O3S/c1-10(2)21-17(24)12-6-7-13(20)14(9-12)22-18(25)16-11(3)26-19(23-16)15-5-4-8-27-15/h4-10H,1-3H3,(H,21,24)(H,22,25). The van der Waals surface area contributed by atoms with Crippen LogP contribution >= 0.6 is 22.9 Å². The van der Waals surface area contributed by atoms with Crippen LogP contribution in [0.5, 0.6) is 0 Å². The van der Waals surface area contributed by atoms with Crippen molar-refractivity contribution in [1.82, 2.24) is 10.3 Å². The second kappa shape index (κ2) is 7.94. The lowest BCUT2D eigenvalue weighted by Gasteiger charge is -2.11. The number of benzene rings is 1. The zero-order valence-corrected chi connectivity index (χ0v) is 16.6. The smallest absolute Gasteiger partial charge is 0.277 e. The highest BCUT2D eigenvalue weighted by atomic mass is 35.5. The number of amides is 2. The van der Waals surface area contributed by atoms with E-state index in [-0.39, 0.29) is 17.6 Å². The highest BCUT2D eigenvalue weighted by Gasteiger charge is 2.20. The van der Waals surface area contributed by atoms with E-state index in [1.54, 1.807) is 19.1 Å². The van der Waals surface area contributed by atoms with Crippen molar-refractivity contribution in [2.24, 2.45) is 0 Å². The Bertz CT molecular complexity index is 980. The van der Waals surface area contributed by atoms with Crippen molar-refractivity contribution in [3.8, 4) is 10.8 Å². The molecule has 0 saturated carbocycles. The van der Waals surface area contributed by atoms with Gasteiger partial charge in [-0.15, -0.1) is 11.3 Å². The second-order valence-electron chi connectivity index (χ2n) is 6.18. The van der Waals surface area contributed by atoms with Crippen molar-refractivity contribution >= 4 is 40.4 Å². The number of carbonyl (C=O) groups excluding carboxylic acids is 2. The van der Waals surface area contributed by atoms with Crippen LogP contribution in [0, 0.1) is 6.92 Å². The number of nitrogens with zero attached hydrogens (tertiary/aromatic N) is 1. The first-order valence-corrected chi connectivity index (χ1v) is 9.54. The average molecular weight is 404 g/mol. The molecule has 1 aromatic carbocycles. The Labute approximate surface area is 165 Å². The van der Waals surface area contributed by atoms with Crippen molar-refractivity contribution in [2.75, 3.05) is 5.32 Å². The van der Waals surface area contributed by atoms with Crippen molar-refractivity contribution in [3.05, 3.63) is 57.8 Å². The SMILES string of the molecule is Cc1oc(-c2cccs2)nc1C(=O)Nc1cc(C(=O)NC(C)C)ccc1Cl. The monoisotopic (exact) mass is 403 g/mol. The summed E-state index contributed by atoms with van der Waals surface area (Å²) in [6.07, 6.45) is 0. The van der Waals surface area contributed by atoms with Gasteiger partial charge in [0.05, 0.1) is 15.6 Å². The third-order valence-electron chi connectivity index (χ3n) is 3.64. The van der Waals surface area contributed by atoms with Crippen LogP contribution in [0.15, 0.2) is 40.1 Å². The lowest BCUT2D eigenvalue weighted by molar-refractivity contribution is 0.0941. The predicted octanol–water partition coefficient (Wildman–Crippen LogP) is 4.76. The van der Waals surface area contributed by atoms with E-state index in [9.17, 15) is 9.59 Å². The van der Waals surface area contributed by atoms with Crippen molar-refractivity contribution in [2.45, 2.75) is 26.8 Å². The molecule has 0 aliphatic carbocycles. The van der Waals surface area contributed by atoms with Gasteiger partial charge in [0.25, 0.3) is 11.8 Å². The van der Waals surface area contributed by atoms with E-state index >= 15 is 0 Å². The fourth-order valence-corrected chi connectivity index (χ4v) is 3.22. The maximum absolute atomic E-state index is 12.6. The number of rotatable bonds is 5. The molecule has 8 heteroatoms. The summed E-state index contributed by atoms with van der Waals surface area (Å²) in [4.78, 5) is 29.9. The molecule has 2 N–H and O–H groups in total. The van der Waals surface area contributed by atoms with Crippen LogP contribution in [0.2, 0.25) is 5.02 Å². The summed E-state index contributed by atoms with van der Waals surface area (Å²) in [5.41, 5.74) is 0.907. The lowest BCUT2D eigenvalue weighted by Crippen LogP contribution is -2.30. The van der Waals surface area contributed by atoms with E-state index in [2.05, 4.69) is 15.6 Å². The highest BCUT2D eigenvalue weighted by molar-refractivity contribution is 7.13. The first-order chi connectivity index (χ1) is 12.8. The lowest BCUT2D eigenvalue weighted by atomic mass is 10.1.